The molecule has 0 saturated carbocycles. The first-order valence-corrected chi connectivity index (χ1v) is 9.79. The molecule has 28 heavy (non-hydrogen) atoms. The normalized spacial score (nSPS) is 10.7. The lowest BCUT2D eigenvalue weighted by molar-refractivity contribution is -0.128. The van der Waals surface area contributed by atoms with Crippen LogP contribution >= 0.6 is 11.8 Å². The van der Waals surface area contributed by atoms with Crippen LogP contribution in [0.25, 0.3) is 5.69 Å². The van der Waals surface area contributed by atoms with Gasteiger partial charge in [-0.05, 0) is 36.8 Å². The van der Waals surface area contributed by atoms with Gasteiger partial charge in [0.1, 0.15) is 6.33 Å². The van der Waals surface area contributed by atoms with Gasteiger partial charge in [0.05, 0.1) is 18.6 Å². The van der Waals surface area contributed by atoms with Crippen molar-refractivity contribution < 1.29 is 13.9 Å². The number of thioether (sulfide) groups is 1. The predicted molar refractivity (Wildman–Crippen MR) is 106 cm³/mol. The Morgan fingerprint density at radius 3 is 2.71 bits per heavy atom. The monoisotopic (exact) mass is 400 g/mol. The van der Waals surface area contributed by atoms with E-state index in [4.69, 9.17) is 4.74 Å². The largest absolute Gasteiger partial charge is 0.494 e. The molecule has 3 rings (SSSR count). The molecule has 0 aliphatic rings. The molecule has 0 N–H and O–H groups in total. The summed E-state index contributed by atoms with van der Waals surface area (Å²) in [5, 5.41) is 4.92. The first-order chi connectivity index (χ1) is 13.6. The Bertz CT molecular complexity index is 933. The van der Waals surface area contributed by atoms with Crippen molar-refractivity contribution in [3.05, 3.63) is 66.2 Å². The van der Waals surface area contributed by atoms with E-state index in [1.54, 1.807) is 28.0 Å². The lowest BCUT2D eigenvalue weighted by Gasteiger charge is -2.20. The molecule has 1 heterocycles. The van der Waals surface area contributed by atoms with Crippen LogP contribution in [0.2, 0.25) is 0 Å². The third kappa shape index (κ3) is 4.89. The summed E-state index contributed by atoms with van der Waals surface area (Å²) in [4.78, 5) is 18.5. The van der Waals surface area contributed by atoms with E-state index in [9.17, 15) is 9.18 Å². The van der Waals surface area contributed by atoms with Crippen molar-refractivity contribution >= 4 is 17.7 Å². The van der Waals surface area contributed by atoms with Crippen molar-refractivity contribution in [2.75, 3.05) is 19.4 Å². The summed E-state index contributed by atoms with van der Waals surface area (Å²) >= 11 is 1.28. The topological polar surface area (TPSA) is 60.2 Å². The Labute approximate surface area is 167 Å². The standard InChI is InChI=1S/C20H21FN4O2S/c1-3-24(12-15-9-10-18(27-2)17(21)11-15)19(26)13-28-20-22-14-25(23-20)16-7-5-4-6-8-16/h4-11,14H,3,12-13H2,1-2H3. The molecule has 0 unspecified atom stereocenters. The summed E-state index contributed by atoms with van der Waals surface area (Å²) in [6.07, 6.45) is 1.62. The van der Waals surface area contributed by atoms with Crippen LogP contribution in [0.15, 0.2) is 60.0 Å². The molecule has 6 nitrogen and oxygen atoms in total. The van der Waals surface area contributed by atoms with Crippen molar-refractivity contribution in [3.8, 4) is 11.4 Å². The third-order valence-corrected chi connectivity index (χ3v) is 4.98. The van der Waals surface area contributed by atoms with E-state index >= 15 is 0 Å². The number of carbonyl (C=O) groups is 1. The Balaban J connectivity index is 1.58. The number of amides is 1. The average Bonchev–Trinajstić information content (AvgIpc) is 3.20. The van der Waals surface area contributed by atoms with Crippen LogP contribution in [0.4, 0.5) is 4.39 Å². The van der Waals surface area contributed by atoms with E-state index in [1.165, 1.54) is 24.9 Å². The van der Waals surface area contributed by atoms with Crippen molar-refractivity contribution in [2.24, 2.45) is 0 Å². The summed E-state index contributed by atoms with van der Waals surface area (Å²) < 4.78 is 20.5. The van der Waals surface area contributed by atoms with Gasteiger partial charge < -0.3 is 9.64 Å². The minimum Gasteiger partial charge on any atom is -0.494 e. The molecule has 0 fully saturated rings. The molecular formula is C20H21FN4O2S. The van der Waals surface area contributed by atoms with E-state index in [0.29, 0.717) is 23.8 Å². The predicted octanol–water partition coefficient (Wildman–Crippen LogP) is 3.56. The van der Waals surface area contributed by atoms with Gasteiger partial charge in [0.15, 0.2) is 11.6 Å². The fraction of sp³-hybridized carbons (Fsp3) is 0.250. The van der Waals surface area contributed by atoms with E-state index < -0.39 is 5.82 Å². The van der Waals surface area contributed by atoms with Crippen LogP contribution < -0.4 is 4.74 Å². The van der Waals surface area contributed by atoms with Crippen LogP contribution in [-0.4, -0.2) is 45.0 Å². The van der Waals surface area contributed by atoms with Crippen LogP contribution in [0.5, 0.6) is 5.75 Å². The number of hydrogen-bond donors (Lipinski definition) is 0. The molecule has 0 saturated heterocycles. The molecule has 0 aliphatic heterocycles. The maximum absolute atomic E-state index is 13.9. The van der Waals surface area contributed by atoms with Gasteiger partial charge in [-0.15, -0.1) is 5.10 Å². The molecule has 146 valence electrons. The highest BCUT2D eigenvalue weighted by atomic mass is 32.2. The smallest absolute Gasteiger partial charge is 0.233 e. The van der Waals surface area contributed by atoms with E-state index in [0.717, 1.165) is 5.69 Å². The molecule has 0 spiro atoms. The molecule has 3 aromatic rings. The SMILES string of the molecule is CCN(Cc1ccc(OC)c(F)c1)C(=O)CSc1ncn(-c2ccccc2)n1. The second-order valence-corrected chi connectivity index (χ2v) is 6.92. The highest BCUT2D eigenvalue weighted by Gasteiger charge is 2.15. The highest BCUT2D eigenvalue weighted by Crippen LogP contribution is 2.20. The molecule has 8 heteroatoms. The molecular weight excluding hydrogens is 379 g/mol. The Hall–Kier alpha value is -2.87. The molecule has 0 atom stereocenters. The highest BCUT2D eigenvalue weighted by molar-refractivity contribution is 7.99. The second-order valence-electron chi connectivity index (χ2n) is 5.97. The lowest BCUT2D eigenvalue weighted by atomic mass is 10.2. The van der Waals surface area contributed by atoms with Crippen molar-refractivity contribution in [3.63, 3.8) is 0 Å². The van der Waals surface area contributed by atoms with Crippen molar-refractivity contribution in [2.45, 2.75) is 18.6 Å². The zero-order valence-electron chi connectivity index (χ0n) is 15.7. The van der Waals surface area contributed by atoms with E-state index in [-0.39, 0.29) is 17.4 Å². The maximum atomic E-state index is 13.9. The number of hydrogen-bond acceptors (Lipinski definition) is 5. The summed E-state index contributed by atoms with van der Waals surface area (Å²) in [6, 6.07) is 14.4. The van der Waals surface area contributed by atoms with Crippen molar-refractivity contribution in [1.29, 1.82) is 0 Å². The van der Waals surface area contributed by atoms with Gasteiger partial charge in [-0.2, -0.15) is 0 Å². The number of nitrogens with zero attached hydrogens (tertiary/aromatic N) is 4. The average molecular weight is 400 g/mol. The zero-order chi connectivity index (χ0) is 19.9. The summed E-state index contributed by atoms with van der Waals surface area (Å²) in [7, 11) is 1.42. The number of halogens is 1. The quantitative estimate of drug-likeness (QED) is 0.541. The van der Waals surface area contributed by atoms with Crippen LogP contribution in [-0.2, 0) is 11.3 Å². The molecule has 0 radical (unpaired) electrons. The second kappa shape index (κ2) is 9.36. The number of aromatic nitrogens is 3. The molecule has 0 aliphatic carbocycles. The van der Waals surface area contributed by atoms with Gasteiger partial charge in [0.25, 0.3) is 0 Å². The minimum atomic E-state index is -0.437. The molecule has 2 aromatic carbocycles. The van der Waals surface area contributed by atoms with Gasteiger partial charge >= 0.3 is 0 Å². The summed E-state index contributed by atoms with van der Waals surface area (Å²) in [5.74, 6) is -0.0901. The Kier molecular flexibility index (Phi) is 6.65. The lowest BCUT2D eigenvalue weighted by Crippen LogP contribution is -2.31. The zero-order valence-corrected chi connectivity index (χ0v) is 16.5. The minimum absolute atomic E-state index is 0.0558. The number of benzene rings is 2. The van der Waals surface area contributed by atoms with Gasteiger partial charge in [-0.1, -0.05) is 36.0 Å². The van der Waals surface area contributed by atoms with Crippen molar-refractivity contribution in [1.82, 2.24) is 19.7 Å². The Morgan fingerprint density at radius 1 is 1.25 bits per heavy atom. The van der Waals surface area contributed by atoms with Gasteiger partial charge in [-0.25, -0.2) is 14.1 Å². The molecule has 1 aromatic heterocycles. The third-order valence-electron chi connectivity index (χ3n) is 4.14. The van der Waals surface area contributed by atoms with Gasteiger partial charge in [0, 0.05) is 13.1 Å². The number of ether oxygens (including phenoxy) is 1. The van der Waals surface area contributed by atoms with Crippen LogP contribution in [0.3, 0.4) is 0 Å². The number of methoxy groups -OCH3 is 1. The Morgan fingerprint density at radius 2 is 2.04 bits per heavy atom. The van der Waals surface area contributed by atoms with Gasteiger partial charge in [-0.3, -0.25) is 4.79 Å². The van der Waals surface area contributed by atoms with E-state index in [2.05, 4.69) is 10.1 Å². The van der Waals surface area contributed by atoms with Crippen LogP contribution in [0.1, 0.15) is 12.5 Å². The number of carbonyl (C=O) groups excluding carboxylic acids is 1. The fourth-order valence-corrected chi connectivity index (χ4v) is 3.34. The molecule has 1 amide bonds. The van der Waals surface area contributed by atoms with Gasteiger partial charge in [0.2, 0.25) is 11.1 Å². The maximum Gasteiger partial charge on any atom is 0.233 e. The summed E-state index contributed by atoms with van der Waals surface area (Å²) in [5.41, 5.74) is 1.62. The first-order valence-electron chi connectivity index (χ1n) is 8.80. The molecule has 0 bridgehead atoms. The summed E-state index contributed by atoms with van der Waals surface area (Å²) in [6.45, 7) is 2.76. The first kappa shape index (κ1) is 19.9. The number of rotatable bonds is 8. The van der Waals surface area contributed by atoms with Crippen LogP contribution in [0, 0.1) is 5.82 Å². The number of para-hydroxylation sites is 1. The van der Waals surface area contributed by atoms with E-state index in [1.807, 2.05) is 37.3 Å². The fourth-order valence-electron chi connectivity index (χ4n) is 2.64.